The van der Waals surface area contributed by atoms with Crippen LogP contribution in [0.5, 0.6) is 5.75 Å². The molecule has 7 nitrogen and oxygen atoms in total. The lowest BCUT2D eigenvalue weighted by atomic mass is 10.2. The fourth-order valence-electron chi connectivity index (χ4n) is 3.56. The zero-order chi connectivity index (χ0) is 22.5. The highest BCUT2D eigenvalue weighted by Gasteiger charge is 2.14. The van der Waals surface area contributed by atoms with Crippen molar-refractivity contribution in [2.75, 3.05) is 17.2 Å². The van der Waals surface area contributed by atoms with Crippen molar-refractivity contribution < 1.29 is 4.74 Å². The molecule has 5 aromatic rings. The Hall–Kier alpha value is -4.39. The first-order valence-corrected chi connectivity index (χ1v) is 10.9. The standard InChI is InChI=1S/C26H24N6O/c1-2-33-22-15-13-20(14-16-22)29-24-23-18-28-32(21-11-7-4-8-12-21)25(23)31-26(30-24)27-17-19-9-5-3-6-10-19/h3-16,18H,2,17H2,1H3,(H2,27,29,30,31). The maximum absolute atomic E-state index is 5.55. The van der Waals surface area contributed by atoms with E-state index in [0.717, 1.165) is 33.7 Å². The van der Waals surface area contributed by atoms with Gasteiger partial charge in [-0.3, -0.25) is 0 Å². The number of rotatable bonds is 8. The van der Waals surface area contributed by atoms with Gasteiger partial charge in [0.1, 0.15) is 11.6 Å². The minimum Gasteiger partial charge on any atom is -0.494 e. The van der Waals surface area contributed by atoms with Crippen LogP contribution in [0.2, 0.25) is 0 Å². The summed E-state index contributed by atoms with van der Waals surface area (Å²) in [5.74, 6) is 2.04. The zero-order valence-corrected chi connectivity index (χ0v) is 18.3. The highest BCUT2D eigenvalue weighted by molar-refractivity contribution is 5.90. The molecule has 2 N–H and O–H groups in total. The van der Waals surface area contributed by atoms with E-state index >= 15 is 0 Å². The van der Waals surface area contributed by atoms with Gasteiger partial charge in [0.15, 0.2) is 5.65 Å². The van der Waals surface area contributed by atoms with E-state index in [1.54, 1.807) is 6.20 Å². The van der Waals surface area contributed by atoms with Crippen molar-refractivity contribution in [3.63, 3.8) is 0 Å². The van der Waals surface area contributed by atoms with Gasteiger partial charge in [-0.05, 0) is 48.9 Å². The summed E-state index contributed by atoms with van der Waals surface area (Å²) >= 11 is 0. The minimum atomic E-state index is 0.525. The van der Waals surface area contributed by atoms with Crippen molar-refractivity contribution in [2.45, 2.75) is 13.5 Å². The molecule has 5 rings (SSSR count). The molecule has 33 heavy (non-hydrogen) atoms. The van der Waals surface area contributed by atoms with Crippen molar-refractivity contribution in [2.24, 2.45) is 0 Å². The second-order valence-electron chi connectivity index (χ2n) is 7.45. The number of anilines is 3. The van der Waals surface area contributed by atoms with Crippen LogP contribution in [0.3, 0.4) is 0 Å². The van der Waals surface area contributed by atoms with Crippen LogP contribution >= 0.6 is 0 Å². The Balaban J connectivity index is 1.52. The van der Waals surface area contributed by atoms with Gasteiger partial charge in [0.25, 0.3) is 0 Å². The van der Waals surface area contributed by atoms with Crippen LogP contribution in [0.1, 0.15) is 12.5 Å². The number of hydrogen-bond donors (Lipinski definition) is 2. The Morgan fingerprint density at radius 3 is 2.30 bits per heavy atom. The third-order valence-corrected chi connectivity index (χ3v) is 5.15. The molecule has 0 aliphatic carbocycles. The molecule has 2 heterocycles. The molecule has 0 amide bonds. The molecular formula is C26H24N6O. The van der Waals surface area contributed by atoms with E-state index in [1.807, 2.05) is 84.4 Å². The fraction of sp³-hybridized carbons (Fsp3) is 0.115. The van der Waals surface area contributed by atoms with E-state index in [4.69, 9.17) is 14.7 Å². The summed E-state index contributed by atoms with van der Waals surface area (Å²) in [6.45, 7) is 3.22. The lowest BCUT2D eigenvalue weighted by molar-refractivity contribution is 0.340. The molecular weight excluding hydrogens is 412 g/mol. The van der Waals surface area contributed by atoms with E-state index in [-0.39, 0.29) is 0 Å². The Kier molecular flexibility index (Phi) is 5.84. The van der Waals surface area contributed by atoms with Gasteiger partial charge >= 0.3 is 0 Å². The lowest BCUT2D eigenvalue weighted by Crippen LogP contribution is -2.07. The molecule has 3 aromatic carbocycles. The number of hydrogen-bond acceptors (Lipinski definition) is 6. The number of ether oxygens (including phenoxy) is 1. The van der Waals surface area contributed by atoms with Crippen LogP contribution in [0.25, 0.3) is 16.7 Å². The second-order valence-corrected chi connectivity index (χ2v) is 7.45. The molecule has 0 radical (unpaired) electrons. The normalized spacial score (nSPS) is 10.8. The van der Waals surface area contributed by atoms with Crippen molar-refractivity contribution in [1.82, 2.24) is 19.7 Å². The van der Waals surface area contributed by atoms with Crippen molar-refractivity contribution in [3.05, 3.63) is 96.7 Å². The summed E-state index contributed by atoms with van der Waals surface area (Å²) in [5, 5.41) is 12.2. The van der Waals surface area contributed by atoms with Crippen LogP contribution in [-0.4, -0.2) is 26.4 Å². The number of nitrogens with zero attached hydrogens (tertiary/aromatic N) is 4. The Morgan fingerprint density at radius 1 is 0.848 bits per heavy atom. The van der Waals surface area contributed by atoms with Gasteiger partial charge in [-0.1, -0.05) is 48.5 Å². The third kappa shape index (κ3) is 4.62. The maximum atomic E-state index is 5.55. The smallest absolute Gasteiger partial charge is 0.227 e. The maximum Gasteiger partial charge on any atom is 0.227 e. The van der Waals surface area contributed by atoms with Crippen molar-refractivity contribution in [1.29, 1.82) is 0 Å². The molecule has 0 spiro atoms. The first-order chi connectivity index (χ1) is 16.3. The number of nitrogens with one attached hydrogen (secondary N) is 2. The predicted molar refractivity (Wildman–Crippen MR) is 131 cm³/mol. The molecule has 0 saturated heterocycles. The van der Waals surface area contributed by atoms with Gasteiger partial charge in [0.2, 0.25) is 5.95 Å². The largest absolute Gasteiger partial charge is 0.494 e. The molecule has 164 valence electrons. The van der Waals surface area contributed by atoms with Crippen molar-refractivity contribution >= 4 is 28.5 Å². The minimum absolute atomic E-state index is 0.525. The van der Waals surface area contributed by atoms with E-state index in [0.29, 0.717) is 24.9 Å². The molecule has 2 aromatic heterocycles. The van der Waals surface area contributed by atoms with E-state index < -0.39 is 0 Å². The first-order valence-electron chi connectivity index (χ1n) is 10.9. The zero-order valence-electron chi connectivity index (χ0n) is 18.3. The van der Waals surface area contributed by atoms with Gasteiger partial charge in [0, 0.05) is 12.2 Å². The third-order valence-electron chi connectivity index (χ3n) is 5.15. The van der Waals surface area contributed by atoms with Gasteiger partial charge in [-0.25, -0.2) is 4.68 Å². The van der Waals surface area contributed by atoms with Gasteiger partial charge in [-0.15, -0.1) is 0 Å². The number of aromatic nitrogens is 4. The summed E-state index contributed by atoms with van der Waals surface area (Å²) in [4.78, 5) is 9.54. The Bertz CT molecular complexity index is 1330. The SMILES string of the molecule is CCOc1ccc(Nc2nc(NCc3ccccc3)nc3c2cnn3-c2ccccc2)cc1. The number of para-hydroxylation sites is 1. The average Bonchev–Trinajstić information content (AvgIpc) is 3.30. The Labute approximate surface area is 192 Å². The number of fused-ring (bicyclic) bond motifs is 1. The molecule has 0 unspecified atom stereocenters. The molecule has 7 heteroatoms. The average molecular weight is 437 g/mol. The van der Waals surface area contributed by atoms with E-state index in [2.05, 4.69) is 27.9 Å². The fourth-order valence-corrected chi connectivity index (χ4v) is 3.56. The van der Waals surface area contributed by atoms with Crippen LogP contribution in [0, 0.1) is 0 Å². The molecule has 0 aliphatic heterocycles. The van der Waals surface area contributed by atoms with E-state index in [1.165, 1.54) is 0 Å². The summed E-state index contributed by atoms with van der Waals surface area (Å²) < 4.78 is 7.38. The molecule has 0 fully saturated rings. The Morgan fingerprint density at radius 2 is 1.58 bits per heavy atom. The quantitative estimate of drug-likeness (QED) is 0.331. The molecule has 0 saturated carbocycles. The molecule has 0 bridgehead atoms. The van der Waals surface area contributed by atoms with E-state index in [9.17, 15) is 0 Å². The monoisotopic (exact) mass is 436 g/mol. The molecule has 0 atom stereocenters. The van der Waals surface area contributed by atoms with Gasteiger partial charge in [-0.2, -0.15) is 15.1 Å². The molecule has 0 aliphatic rings. The lowest BCUT2D eigenvalue weighted by Gasteiger charge is -2.12. The number of benzene rings is 3. The first kappa shape index (κ1) is 20.5. The summed E-state index contributed by atoms with van der Waals surface area (Å²) in [7, 11) is 0. The highest BCUT2D eigenvalue weighted by atomic mass is 16.5. The second kappa shape index (κ2) is 9.40. The van der Waals surface area contributed by atoms with Gasteiger partial charge in [0.05, 0.1) is 23.9 Å². The van der Waals surface area contributed by atoms with Crippen molar-refractivity contribution in [3.8, 4) is 11.4 Å². The van der Waals surface area contributed by atoms with Gasteiger partial charge < -0.3 is 15.4 Å². The summed E-state index contributed by atoms with van der Waals surface area (Å²) in [6.07, 6.45) is 1.79. The van der Waals surface area contributed by atoms with Crippen LogP contribution in [0.15, 0.2) is 91.1 Å². The highest BCUT2D eigenvalue weighted by Crippen LogP contribution is 2.28. The van der Waals surface area contributed by atoms with Crippen LogP contribution in [0.4, 0.5) is 17.5 Å². The van der Waals surface area contributed by atoms with Crippen LogP contribution < -0.4 is 15.4 Å². The summed E-state index contributed by atoms with van der Waals surface area (Å²) in [6, 6.07) is 27.9. The summed E-state index contributed by atoms with van der Waals surface area (Å²) in [5.41, 5.74) is 3.71. The predicted octanol–water partition coefficient (Wildman–Crippen LogP) is 5.57. The topological polar surface area (TPSA) is 76.9 Å². The van der Waals surface area contributed by atoms with Crippen LogP contribution in [-0.2, 0) is 6.54 Å².